The Morgan fingerprint density at radius 2 is 1.72 bits per heavy atom. The average molecular weight is 240 g/mol. The van der Waals surface area contributed by atoms with E-state index in [1.54, 1.807) is 0 Å². The summed E-state index contributed by atoms with van der Waals surface area (Å²) in [6, 6.07) is 17.8. The molecule has 18 heavy (non-hydrogen) atoms. The Kier molecular flexibility index (Phi) is 2.60. The lowest BCUT2D eigenvalue weighted by molar-refractivity contribution is -0.0623. The van der Waals surface area contributed by atoms with Gasteiger partial charge in [-0.05, 0) is 24.1 Å². The quantitative estimate of drug-likeness (QED) is 0.830. The van der Waals surface area contributed by atoms with Crippen LogP contribution < -0.4 is 4.74 Å². The Morgan fingerprint density at radius 3 is 2.50 bits per heavy atom. The van der Waals surface area contributed by atoms with Crippen molar-refractivity contribution in [3.8, 4) is 5.75 Å². The molecule has 2 aromatic rings. The minimum atomic E-state index is -0.879. The van der Waals surface area contributed by atoms with Gasteiger partial charge >= 0.3 is 0 Å². The number of aliphatic hydroxyl groups is 1. The van der Waals surface area contributed by atoms with Gasteiger partial charge < -0.3 is 9.84 Å². The van der Waals surface area contributed by atoms with E-state index in [9.17, 15) is 5.11 Å². The molecule has 2 atom stereocenters. The van der Waals surface area contributed by atoms with E-state index in [-0.39, 0.29) is 6.10 Å². The van der Waals surface area contributed by atoms with Gasteiger partial charge in [0.1, 0.15) is 11.4 Å². The van der Waals surface area contributed by atoms with E-state index in [0.717, 1.165) is 16.9 Å². The Balaban J connectivity index is 2.02. The lowest BCUT2D eigenvalue weighted by Gasteiger charge is -2.38. The predicted octanol–water partition coefficient (Wildman–Crippen LogP) is 3.11. The molecule has 1 aliphatic rings. The standard InChI is InChI=1S/C16H16O2/c1-16(17)11-13-9-5-6-10-14(13)18-15(16)12-7-3-2-4-8-12/h2-10,15,17H,11H2,1H3. The molecule has 0 aromatic heterocycles. The van der Waals surface area contributed by atoms with Gasteiger partial charge in [-0.1, -0.05) is 48.5 Å². The third kappa shape index (κ3) is 1.89. The number of fused-ring (bicyclic) bond motifs is 1. The first-order chi connectivity index (χ1) is 8.67. The van der Waals surface area contributed by atoms with Crippen LogP contribution in [0.1, 0.15) is 24.2 Å². The molecule has 2 nitrogen and oxygen atoms in total. The summed E-state index contributed by atoms with van der Waals surface area (Å²) in [5.41, 5.74) is 1.20. The lowest BCUT2D eigenvalue weighted by atomic mass is 9.84. The molecule has 0 amide bonds. The molecule has 2 aromatic carbocycles. The zero-order valence-electron chi connectivity index (χ0n) is 10.3. The zero-order valence-corrected chi connectivity index (χ0v) is 10.3. The van der Waals surface area contributed by atoms with Gasteiger partial charge in [0, 0.05) is 6.42 Å². The third-order valence-electron chi connectivity index (χ3n) is 3.43. The molecule has 3 rings (SSSR count). The molecule has 2 heteroatoms. The number of para-hydroxylation sites is 1. The minimum Gasteiger partial charge on any atom is -0.482 e. The van der Waals surface area contributed by atoms with Gasteiger partial charge in [0.05, 0.1) is 0 Å². The Hall–Kier alpha value is -1.80. The van der Waals surface area contributed by atoms with Crippen LogP contribution in [0.3, 0.4) is 0 Å². The van der Waals surface area contributed by atoms with Crippen LogP contribution in [-0.4, -0.2) is 10.7 Å². The van der Waals surface area contributed by atoms with Crippen LogP contribution in [0.4, 0.5) is 0 Å². The van der Waals surface area contributed by atoms with Crippen molar-refractivity contribution in [2.45, 2.75) is 25.0 Å². The molecule has 0 aliphatic carbocycles. The summed E-state index contributed by atoms with van der Waals surface area (Å²) in [5.74, 6) is 0.873. The SMILES string of the molecule is CC1(O)Cc2ccccc2OC1c1ccccc1. The van der Waals surface area contributed by atoms with E-state index in [4.69, 9.17) is 4.74 Å². The van der Waals surface area contributed by atoms with Gasteiger partial charge in [0.2, 0.25) is 0 Å². The maximum absolute atomic E-state index is 10.6. The molecule has 0 fully saturated rings. The van der Waals surface area contributed by atoms with E-state index in [1.165, 1.54) is 0 Å². The van der Waals surface area contributed by atoms with Crippen molar-refractivity contribution in [3.63, 3.8) is 0 Å². The molecule has 0 radical (unpaired) electrons. The summed E-state index contributed by atoms with van der Waals surface area (Å²) in [6.45, 7) is 1.83. The maximum Gasteiger partial charge on any atom is 0.152 e. The zero-order chi connectivity index (χ0) is 12.6. The van der Waals surface area contributed by atoms with Gasteiger partial charge in [-0.15, -0.1) is 0 Å². The molecule has 92 valence electrons. The van der Waals surface area contributed by atoms with Gasteiger partial charge in [0.25, 0.3) is 0 Å². The Morgan fingerprint density at radius 1 is 1.06 bits per heavy atom. The van der Waals surface area contributed by atoms with Crippen LogP contribution in [0.2, 0.25) is 0 Å². The van der Waals surface area contributed by atoms with Crippen LogP contribution >= 0.6 is 0 Å². The van der Waals surface area contributed by atoms with Crippen LogP contribution in [0.15, 0.2) is 54.6 Å². The van der Waals surface area contributed by atoms with Crippen LogP contribution in [0, 0.1) is 0 Å². The topological polar surface area (TPSA) is 29.5 Å². The van der Waals surface area contributed by atoms with Crippen LogP contribution in [-0.2, 0) is 6.42 Å². The van der Waals surface area contributed by atoms with E-state index >= 15 is 0 Å². The normalized spacial score (nSPS) is 26.2. The molecule has 0 bridgehead atoms. The molecule has 0 saturated heterocycles. The molecule has 2 unspecified atom stereocenters. The van der Waals surface area contributed by atoms with Crippen molar-refractivity contribution < 1.29 is 9.84 Å². The second-order valence-electron chi connectivity index (χ2n) is 5.05. The van der Waals surface area contributed by atoms with Crippen molar-refractivity contribution in [1.29, 1.82) is 0 Å². The largest absolute Gasteiger partial charge is 0.482 e. The number of hydrogen-bond acceptors (Lipinski definition) is 2. The van der Waals surface area contributed by atoms with Gasteiger partial charge in [-0.25, -0.2) is 0 Å². The highest BCUT2D eigenvalue weighted by Gasteiger charge is 2.39. The lowest BCUT2D eigenvalue weighted by Crippen LogP contribution is -2.41. The Labute approximate surface area is 107 Å². The van der Waals surface area contributed by atoms with Crippen molar-refractivity contribution in [3.05, 3.63) is 65.7 Å². The van der Waals surface area contributed by atoms with Crippen molar-refractivity contribution >= 4 is 0 Å². The minimum absolute atomic E-state index is 0.311. The second kappa shape index (κ2) is 4.14. The van der Waals surface area contributed by atoms with Crippen LogP contribution in [0.25, 0.3) is 0 Å². The smallest absolute Gasteiger partial charge is 0.152 e. The number of ether oxygens (including phenoxy) is 1. The summed E-state index contributed by atoms with van der Waals surface area (Å²) >= 11 is 0. The highest BCUT2D eigenvalue weighted by Crippen LogP contribution is 2.40. The molecular weight excluding hydrogens is 224 g/mol. The first-order valence-electron chi connectivity index (χ1n) is 6.19. The first kappa shape index (κ1) is 11.3. The fraction of sp³-hybridized carbons (Fsp3) is 0.250. The van der Waals surface area contributed by atoms with Gasteiger partial charge in [-0.2, -0.15) is 0 Å². The summed E-state index contributed by atoms with van der Waals surface area (Å²) in [4.78, 5) is 0. The highest BCUT2D eigenvalue weighted by atomic mass is 16.5. The fourth-order valence-corrected chi connectivity index (χ4v) is 2.55. The summed E-state index contributed by atoms with van der Waals surface area (Å²) < 4.78 is 5.98. The molecular formula is C16H16O2. The number of rotatable bonds is 1. The average Bonchev–Trinajstić information content (AvgIpc) is 2.38. The van der Waals surface area contributed by atoms with Gasteiger partial charge in [-0.3, -0.25) is 0 Å². The molecule has 1 aliphatic heterocycles. The highest BCUT2D eigenvalue weighted by molar-refractivity contribution is 5.39. The monoisotopic (exact) mass is 240 g/mol. The van der Waals surface area contributed by atoms with Crippen molar-refractivity contribution in [2.24, 2.45) is 0 Å². The predicted molar refractivity (Wildman–Crippen MR) is 70.6 cm³/mol. The summed E-state index contributed by atoms with van der Waals surface area (Å²) in [7, 11) is 0. The van der Waals surface area contributed by atoms with E-state index in [0.29, 0.717) is 6.42 Å². The molecule has 1 heterocycles. The fourth-order valence-electron chi connectivity index (χ4n) is 2.55. The maximum atomic E-state index is 10.6. The van der Waals surface area contributed by atoms with Crippen LogP contribution in [0.5, 0.6) is 5.75 Å². The van der Waals surface area contributed by atoms with Gasteiger partial charge in [0.15, 0.2) is 6.10 Å². The third-order valence-corrected chi connectivity index (χ3v) is 3.43. The second-order valence-corrected chi connectivity index (χ2v) is 5.05. The van der Waals surface area contributed by atoms with E-state index < -0.39 is 5.60 Å². The molecule has 0 saturated carbocycles. The molecule has 0 spiro atoms. The Bertz CT molecular complexity index is 546. The number of benzene rings is 2. The first-order valence-corrected chi connectivity index (χ1v) is 6.19. The van der Waals surface area contributed by atoms with E-state index in [2.05, 4.69) is 0 Å². The number of hydrogen-bond donors (Lipinski definition) is 1. The van der Waals surface area contributed by atoms with Crippen molar-refractivity contribution in [1.82, 2.24) is 0 Å². The van der Waals surface area contributed by atoms with E-state index in [1.807, 2.05) is 61.5 Å². The summed E-state index contributed by atoms with van der Waals surface area (Å²) in [6.07, 6.45) is 0.302. The molecule has 1 N–H and O–H groups in total. The van der Waals surface area contributed by atoms with Crippen molar-refractivity contribution in [2.75, 3.05) is 0 Å². The summed E-state index contributed by atoms with van der Waals surface area (Å²) in [5, 5.41) is 10.6.